The van der Waals surface area contributed by atoms with Gasteiger partial charge in [0.15, 0.2) is 0 Å². The van der Waals surface area contributed by atoms with E-state index in [-0.39, 0.29) is 31.4 Å². The maximum atomic E-state index is 12.8. The molecule has 7 nitrogen and oxygen atoms in total. The van der Waals surface area contributed by atoms with E-state index in [4.69, 9.17) is 14.5 Å². The molecule has 2 aromatic carbocycles. The molecule has 2 aliphatic heterocycles. The molecule has 2 amide bonds. The van der Waals surface area contributed by atoms with Crippen molar-refractivity contribution in [2.45, 2.75) is 38.5 Å². The minimum absolute atomic E-state index is 0.0611. The Balaban J connectivity index is 1.21. The van der Waals surface area contributed by atoms with Gasteiger partial charge in [-0.3, -0.25) is 0 Å². The number of carbonyl (C=O) groups is 2. The number of ether oxygens (including phenoxy) is 2. The predicted molar refractivity (Wildman–Crippen MR) is 143 cm³/mol. The molecule has 3 aromatic rings. The first-order chi connectivity index (χ1) is 17.2. The number of hydrogen-bond donors (Lipinski definition) is 0. The van der Waals surface area contributed by atoms with E-state index in [1.54, 1.807) is 16.2 Å². The van der Waals surface area contributed by atoms with E-state index in [9.17, 15) is 9.59 Å². The zero-order valence-electron chi connectivity index (χ0n) is 19.3. The van der Waals surface area contributed by atoms with Gasteiger partial charge in [-0.1, -0.05) is 0 Å². The van der Waals surface area contributed by atoms with Crippen molar-refractivity contribution in [3.8, 4) is 0 Å². The molecule has 3 heterocycles. The van der Waals surface area contributed by atoms with Crippen molar-refractivity contribution in [3.05, 3.63) is 85.9 Å². The quantitative estimate of drug-likeness (QED) is 0.189. The third-order valence-corrected chi connectivity index (χ3v) is 13.3. The molecule has 5 rings (SSSR count). The van der Waals surface area contributed by atoms with Gasteiger partial charge in [0.25, 0.3) is 0 Å². The predicted octanol–water partition coefficient (Wildman–Crippen LogP) is 6.25. The molecule has 1 aromatic heterocycles. The standard InChI is InChI=1S/C26H28IN3O4S/c31-25(33-17-20-9-3-1-4-10-20)29-15-7-13-22(29)24-28-23(19-35-24)27-14-8-16-30(27)26(32)34-18-21-11-5-2-6-12-21/h1-6,9-12,19,22H,7-8,13-18H2/t22-/m0/s1. The number of nitrogens with zero attached hydrogens (tertiary/aromatic N) is 3. The van der Waals surface area contributed by atoms with E-state index >= 15 is 0 Å². The first-order valence-corrected chi connectivity index (χ1v) is 16.2. The normalized spacial score (nSPS) is 18.6. The Bertz CT molecular complexity index is 1060. The number of alkyl halides is 1. The third-order valence-electron chi connectivity index (χ3n) is 6.01. The van der Waals surface area contributed by atoms with Crippen LogP contribution in [0.15, 0.2) is 66.0 Å². The van der Waals surface area contributed by atoms with Crippen LogP contribution in [-0.2, 0) is 22.7 Å². The number of likely N-dealkylation sites (tertiary alicyclic amines) is 1. The van der Waals surface area contributed by atoms with Gasteiger partial charge in [0.05, 0.1) is 0 Å². The summed E-state index contributed by atoms with van der Waals surface area (Å²) in [7, 11) is 0. The van der Waals surface area contributed by atoms with Crippen molar-refractivity contribution in [1.82, 2.24) is 13.0 Å². The fourth-order valence-electron chi connectivity index (χ4n) is 4.26. The van der Waals surface area contributed by atoms with Gasteiger partial charge in [-0.25, -0.2) is 0 Å². The van der Waals surface area contributed by atoms with Crippen LogP contribution in [0.5, 0.6) is 0 Å². The first-order valence-electron chi connectivity index (χ1n) is 11.8. The number of benzene rings is 2. The first kappa shape index (κ1) is 24.1. The second-order valence-electron chi connectivity index (χ2n) is 8.41. The van der Waals surface area contributed by atoms with Crippen LogP contribution in [-0.4, -0.2) is 42.7 Å². The van der Waals surface area contributed by atoms with Crippen LogP contribution in [0.25, 0.3) is 0 Å². The van der Waals surface area contributed by atoms with Crippen molar-refractivity contribution in [3.63, 3.8) is 0 Å². The molecule has 9 heteroatoms. The van der Waals surface area contributed by atoms with E-state index in [2.05, 4.69) is 5.38 Å². The molecule has 2 fully saturated rings. The molecular formula is C26H28IN3O4S. The summed E-state index contributed by atoms with van der Waals surface area (Å²) in [5.74, 6) is 0. The van der Waals surface area contributed by atoms with Gasteiger partial charge >= 0.3 is 218 Å². The number of carbonyl (C=O) groups excluding carboxylic acids is 2. The van der Waals surface area contributed by atoms with Gasteiger partial charge in [0.2, 0.25) is 0 Å². The summed E-state index contributed by atoms with van der Waals surface area (Å²) in [4.78, 5) is 32.4. The maximum absolute atomic E-state index is 12.8. The van der Waals surface area contributed by atoms with Crippen LogP contribution in [0.2, 0.25) is 0 Å². The molecule has 1 atom stereocenters. The topological polar surface area (TPSA) is 72.0 Å². The van der Waals surface area contributed by atoms with E-state index in [0.29, 0.717) is 6.54 Å². The van der Waals surface area contributed by atoms with E-state index < -0.39 is 20.1 Å². The summed E-state index contributed by atoms with van der Waals surface area (Å²) in [5.41, 5.74) is 1.96. The van der Waals surface area contributed by atoms with Gasteiger partial charge < -0.3 is 0 Å². The van der Waals surface area contributed by atoms with Crippen molar-refractivity contribution >= 4 is 43.6 Å². The van der Waals surface area contributed by atoms with E-state index in [0.717, 1.165) is 50.1 Å². The van der Waals surface area contributed by atoms with Crippen LogP contribution < -0.4 is 0 Å². The second-order valence-corrected chi connectivity index (χ2v) is 14.6. The van der Waals surface area contributed by atoms with Gasteiger partial charge in [0, 0.05) is 0 Å². The Morgan fingerprint density at radius 2 is 1.57 bits per heavy atom. The molecule has 184 valence electrons. The average molecular weight is 605 g/mol. The van der Waals surface area contributed by atoms with E-state index in [1.165, 1.54) is 0 Å². The van der Waals surface area contributed by atoms with Crippen LogP contribution in [0.4, 0.5) is 9.59 Å². The Morgan fingerprint density at radius 1 is 0.914 bits per heavy atom. The number of thiazole rings is 1. The molecular weight excluding hydrogens is 577 g/mol. The zero-order valence-corrected chi connectivity index (χ0v) is 22.3. The van der Waals surface area contributed by atoms with Gasteiger partial charge in [-0.15, -0.1) is 0 Å². The molecule has 0 bridgehead atoms. The van der Waals surface area contributed by atoms with Crippen molar-refractivity contribution in [1.29, 1.82) is 0 Å². The SMILES string of the molecule is O=C(OCc1ccccc1)N1CCC[C@H]1c1nc(I2CCCN2C(=O)OCc2ccccc2)cs1. The van der Waals surface area contributed by atoms with Crippen LogP contribution in [0, 0.1) is 3.70 Å². The van der Waals surface area contributed by atoms with Crippen molar-refractivity contribution in [2.24, 2.45) is 0 Å². The molecule has 0 saturated carbocycles. The summed E-state index contributed by atoms with van der Waals surface area (Å²) < 4.78 is 15.2. The van der Waals surface area contributed by atoms with Gasteiger partial charge in [-0.05, 0) is 0 Å². The summed E-state index contributed by atoms with van der Waals surface area (Å²) in [6, 6.07) is 19.4. The van der Waals surface area contributed by atoms with Gasteiger partial charge in [-0.2, -0.15) is 0 Å². The second kappa shape index (κ2) is 11.4. The molecule has 35 heavy (non-hydrogen) atoms. The molecule has 0 spiro atoms. The van der Waals surface area contributed by atoms with Crippen LogP contribution >= 0.6 is 31.4 Å². The van der Waals surface area contributed by atoms with Crippen molar-refractivity contribution in [2.75, 3.05) is 17.5 Å². The summed E-state index contributed by atoms with van der Waals surface area (Å²) in [6.45, 7) is 1.95. The summed E-state index contributed by atoms with van der Waals surface area (Å²) >= 11 is -0.353. The van der Waals surface area contributed by atoms with Crippen molar-refractivity contribution < 1.29 is 19.1 Å². The Kier molecular flexibility index (Phi) is 7.82. The van der Waals surface area contributed by atoms with Crippen LogP contribution in [0.1, 0.15) is 41.4 Å². The summed E-state index contributed by atoms with van der Waals surface area (Å²) in [5, 5.41) is 3.03. The Labute approximate surface area is 216 Å². The average Bonchev–Trinajstić information content (AvgIpc) is 3.67. The van der Waals surface area contributed by atoms with Crippen LogP contribution in [0.3, 0.4) is 0 Å². The minimum atomic E-state index is -1.95. The fourth-order valence-corrected chi connectivity index (χ4v) is 11.5. The molecule has 0 radical (unpaired) electrons. The number of hydrogen-bond acceptors (Lipinski definition) is 6. The fraction of sp³-hybridized carbons (Fsp3) is 0.346. The number of amides is 2. The molecule has 0 aliphatic carbocycles. The van der Waals surface area contributed by atoms with Gasteiger partial charge in [0.1, 0.15) is 0 Å². The molecule has 2 aliphatic rings. The van der Waals surface area contributed by atoms with E-state index in [1.807, 2.05) is 63.8 Å². The summed E-state index contributed by atoms with van der Waals surface area (Å²) in [6.07, 6.45) is 2.27. The molecule has 0 unspecified atom stereocenters. The number of aromatic nitrogens is 1. The Morgan fingerprint density at radius 3 is 2.26 bits per heavy atom. The monoisotopic (exact) mass is 605 g/mol. The third kappa shape index (κ3) is 5.78. The number of halogens is 1. The molecule has 2 saturated heterocycles. The zero-order chi connectivity index (χ0) is 24.0. The Hall–Kier alpha value is -2.66. The molecule has 0 N–H and O–H groups in total. The number of rotatable bonds is 6.